The number of anilines is 1. The minimum atomic E-state index is -0.0465. The SMILES string of the molecule is CCCN(C[C@@H]1COc2ccccc2O1)C(=S)Nc1cc(C)ccc1C. The first-order valence-corrected chi connectivity index (χ1v) is 9.49. The van der Waals surface area contributed by atoms with Gasteiger partial charge in [0.1, 0.15) is 6.61 Å². The number of ether oxygens (including phenoxy) is 2. The molecule has 1 N–H and O–H groups in total. The number of hydrogen-bond acceptors (Lipinski definition) is 3. The Hall–Kier alpha value is -2.27. The van der Waals surface area contributed by atoms with Crippen LogP contribution in [0.15, 0.2) is 42.5 Å². The standard InChI is InChI=1S/C21H26N2O2S/c1-4-11-23(21(26)22-18-12-15(2)9-10-16(18)3)13-17-14-24-19-7-5-6-8-20(19)25-17/h5-10,12,17H,4,11,13-14H2,1-3H3,(H,22,26)/t17-/m1/s1. The van der Waals surface area contributed by atoms with E-state index in [1.165, 1.54) is 11.1 Å². The van der Waals surface area contributed by atoms with Gasteiger partial charge < -0.3 is 19.7 Å². The molecule has 5 heteroatoms. The summed E-state index contributed by atoms with van der Waals surface area (Å²) in [5.41, 5.74) is 3.45. The maximum atomic E-state index is 6.10. The van der Waals surface area contributed by atoms with E-state index >= 15 is 0 Å². The van der Waals surface area contributed by atoms with E-state index in [-0.39, 0.29) is 6.10 Å². The number of nitrogens with zero attached hydrogens (tertiary/aromatic N) is 1. The summed E-state index contributed by atoms with van der Waals surface area (Å²) in [4.78, 5) is 2.17. The number of nitrogens with one attached hydrogen (secondary N) is 1. The molecule has 3 rings (SSSR count). The van der Waals surface area contributed by atoms with E-state index < -0.39 is 0 Å². The molecule has 1 aliphatic heterocycles. The van der Waals surface area contributed by atoms with Crippen LogP contribution in [0.4, 0.5) is 5.69 Å². The Morgan fingerprint density at radius 1 is 1.19 bits per heavy atom. The zero-order chi connectivity index (χ0) is 18.5. The third-order valence-corrected chi connectivity index (χ3v) is 4.77. The third kappa shape index (κ3) is 4.47. The van der Waals surface area contributed by atoms with E-state index in [0.29, 0.717) is 13.2 Å². The van der Waals surface area contributed by atoms with Gasteiger partial charge in [-0.25, -0.2) is 0 Å². The van der Waals surface area contributed by atoms with E-state index in [1.54, 1.807) is 0 Å². The van der Waals surface area contributed by atoms with Crippen LogP contribution in [0.25, 0.3) is 0 Å². The predicted octanol–water partition coefficient (Wildman–Crippen LogP) is 4.55. The first-order valence-electron chi connectivity index (χ1n) is 9.08. The van der Waals surface area contributed by atoms with E-state index in [2.05, 4.69) is 49.2 Å². The average Bonchev–Trinajstić information content (AvgIpc) is 2.64. The summed E-state index contributed by atoms with van der Waals surface area (Å²) in [6.07, 6.45) is 0.966. The van der Waals surface area contributed by atoms with Crippen LogP contribution in [0, 0.1) is 13.8 Å². The minimum Gasteiger partial charge on any atom is -0.486 e. The fourth-order valence-corrected chi connectivity index (χ4v) is 3.29. The molecule has 2 aromatic rings. The quantitative estimate of drug-likeness (QED) is 0.781. The van der Waals surface area contributed by atoms with Crippen LogP contribution >= 0.6 is 12.2 Å². The largest absolute Gasteiger partial charge is 0.486 e. The van der Waals surface area contributed by atoms with Gasteiger partial charge in [0.2, 0.25) is 0 Å². The molecule has 0 amide bonds. The second kappa shape index (κ2) is 8.41. The van der Waals surface area contributed by atoms with Crippen molar-refractivity contribution in [1.82, 2.24) is 4.90 Å². The van der Waals surface area contributed by atoms with Crippen molar-refractivity contribution in [2.45, 2.75) is 33.3 Å². The topological polar surface area (TPSA) is 33.7 Å². The fraction of sp³-hybridized carbons (Fsp3) is 0.381. The number of aryl methyl sites for hydroxylation is 2. The Bertz CT molecular complexity index is 778. The molecule has 1 heterocycles. The second-order valence-electron chi connectivity index (χ2n) is 6.69. The summed E-state index contributed by atoms with van der Waals surface area (Å²) in [6.45, 7) is 8.42. The van der Waals surface area contributed by atoms with Crippen molar-refractivity contribution < 1.29 is 9.47 Å². The van der Waals surface area contributed by atoms with Crippen LogP contribution < -0.4 is 14.8 Å². The minimum absolute atomic E-state index is 0.0465. The zero-order valence-corrected chi connectivity index (χ0v) is 16.4. The van der Waals surface area contributed by atoms with Gasteiger partial charge in [-0.3, -0.25) is 0 Å². The van der Waals surface area contributed by atoms with Crippen LogP contribution in [0.1, 0.15) is 24.5 Å². The molecule has 0 saturated heterocycles. The van der Waals surface area contributed by atoms with Crippen molar-refractivity contribution in [3.05, 3.63) is 53.6 Å². The van der Waals surface area contributed by atoms with Crippen LogP contribution in [0.2, 0.25) is 0 Å². The van der Waals surface area contributed by atoms with Gasteiger partial charge in [0, 0.05) is 12.2 Å². The van der Waals surface area contributed by atoms with Crippen molar-refractivity contribution in [3.8, 4) is 11.5 Å². The number of rotatable bonds is 5. The summed E-state index contributed by atoms with van der Waals surface area (Å²) in [6, 6.07) is 14.1. The lowest BCUT2D eigenvalue weighted by Crippen LogP contribution is -2.45. The monoisotopic (exact) mass is 370 g/mol. The van der Waals surface area contributed by atoms with Gasteiger partial charge in [0.05, 0.1) is 6.54 Å². The predicted molar refractivity (Wildman–Crippen MR) is 110 cm³/mol. The molecule has 0 unspecified atom stereocenters. The van der Waals surface area contributed by atoms with Crippen LogP contribution in [0.3, 0.4) is 0 Å². The molecule has 0 aromatic heterocycles. The van der Waals surface area contributed by atoms with E-state index in [4.69, 9.17) is 21.7 Å². The molecule has 26 heavy (non-hydrogen) atoms. The molecule has 0 bridgehead atoms. The van der Waals surface area contributed by atoms with Gasteiger partial charge >= 0.3 is 0 Å². The smallest absolute Gasteiger partial charge is 0.173 e. The number of benzene rings is 2. The average molecular weight is 371 g/mol. The first kappa shape index (κ1) is 18.5. The summed E-state index contributed by atoms with van der Waals surface area (Å²) in [7, 11) is 0. The third-order valence-electron chi connectivity index (χ3n) is 4.41. The van der Waals surface area contributed by atoms with Gasteiger partial charge in [0.15, 0.2) is 22.7 Å². The summed E-state index contributed by atoms with van der Waals surface area (Å²) >= 11 is 5.69. The number of hydrogen-bond donors (Lipinski definition) is 1. The van der Waals surface area contributed by atoms with Gasteiger partial charge in [-0.05, 0) is 61.8 Å². The van der Waals surface area contributed by atoms with Crippen molar-refractivity contribution in [2.24, 2.45) is 0 Å². The molecular weight excluding hydrogens is 344 g/mol. The zero-order valence-electron chi connectivity index (χ0n) is 15.6. The molecule has 138 valence electrons. The van der Waals surface area contributed by atoms with Crippen molar-refractivity contribution in [2.75, 3.05) is 25.0 Å². The normalized spacial score (nSPS) is 15.4. The highest BCUT2D eigenvalue weighted by molar-refractivity contribution is 7.80. The Balaban J connectivity index is 1.67. The highest BCUT2D eigenvalue weighted by Crippen LogP contribution is 2.31. The van der Waals surface area contributed by atoms with E-state index in [0.717, 1.165) is 35.3 Å². The summed E-state index contributed by atoms with van der Waals surface area (Å²) in [5, 5.41) is 4.13. The van der Waals surface area contributed by atoms with Crippen LogP contribution in [0.5, 0.6) is 11.5 Å². The molecule has 4 nitrogen and oxygen atoms in total. The molecule has 0 radical (unpaired) electrons. The highest BCUT2D eigenvalue weighted by Gasteiger charge is 2.24. The van der Waals surface area contributed by atoms with Crippen LogP contribution in [-0.4, -0.2) is 35.8 Å². The molecule has 2 aromatic carbocycles. The number of thiocarbonyl (C=S) groups is 1. The van der Waals surface area contributed by atoms with Crippen LogP contribution in [-0.2, 0) is 0 Å². The molecule has 0 aliphatic carbocycles. The van der Waals surface area contributed by atoms with Gasteiger partial charge in [-0.15, -0.1) is 0 Å². The van der Waals surface area contributed by atoms with Crippen molar-refractivity contribution in [1.29, 1.82) is 0 Å². The molecule has 0 fully saturated rings. The Labute approximate surface area is 161 Å². The summed E-state index contributed by atoms with van der Waals surface area (Å²) in [5.74, 6) is 1.61. The lowest BCUT2D eigenvalue weighted by atomic mass is 10.1. The first-order chi connectivity index (χ1) is 12.6. The fourth-order valence-electron chi connectivity index (χ4n) is 3.01. The second-order valence-corrected chi connectivity index (χ2v) is 7.08. The molecule has 1 atom stereocenters. The molecule has 0 saturated carbocycles. The van der Waals surface area contributed by atoms with E-state index in [1.807, 2.05) is 24.3 Å². The number of para-hydroxylation sites is 2. The maximum absolute atomic E-state index is 6.10. The lowest BCUT2D eigenvalue weighted by Gasteiger charge is -2.32. The van der Waals surface area contributed by atoms with Crippen molar-refractivity contribution >= 4 is 23.0 Å². The molecular formula is C21H26N2O2S. The Morgan fingerprint density at radius 2 is 1.96 bits per heavy atom. The Kier molecular flexibility index (Phi) is 5.99. The highest BCUT2D eigenvalue weighted by atomic mass is 32.1. The number of fused-ring (bicyclic) bond motifs is 1. The van der Waals surface area contributed by atoms with Gasteiger partial charge in [-0.2, -0.15) is 0 Å². The van der Waals surface area contributed by atoms with Crippen molar-refractivity contribution in [3.63, 3.8) is 0 Å². The molecule has 1 aliphatic rings. The summed E-state index contributed by atoms with van der Waals surface area (Å²) < 4.78 is 11.9. The van der Waals surface area contributed by atoms with Gasteiger partial charge in [-0.1, -0.05) is 31.2 Å². The van der Waals surface area contributed by atoms with E-state index in [9.17, 15) is 0 Å². The Morgan fingerprint density at radius 3 is 2.73 bits per heavy atom. The maximum Gasteiger partial charge on any atom is 0.173 e. The van der Waals surface area contributed by atoms with Gasteiger partial charge in [0.25, 0.3) is 0 Å². The lowest BCUT2D eigenvalue weighted by molar-refractivity contribution is 0.0746. The molecule has 0 spiro atoms.